The van der Waals surface area contributed by atoms with Crippen molar-refractivity contribution in [2.24, 2.45) is 5.14 Å². The van der Waals surface area contributed by atoms with Crippen LogP contribution in [-0.2, 0) is 10.0 Å². The first kappa shape index (κ1) is 18.2. The lowest BCUT2D eigenvalue weighted by Gasteiger charge is -2.26. The number of rotatable bonds is 4. The zero-order valence-corrected chi connectivity index (χ0v) is 15.1. The van der Waals surface area contributed by atoms with Gasteiger partial charge in [0.25, 0.3) is 5.91 Å². The van der Waals surface area contributed by atoms with Gasteiger partial charge in [0.1, 0.15) is 0 Å². The van der Waals surface area contributed by atoms with E-state index in [0.717, 1.165) is 5.56 Å². The van der Waals surface area contributed by atoms with Crippen molar-refractivity contribution in [2.75, 3.05) is 7.05 Å². The van der Waals surface area contributed by atoms with Crippen molar-refractivity contribution in [3.05, 3.63) is 64.7 Å². The van der Waals surface area contributed by atoms with Gasteiger partial charge in [-0.05, 0) is 49.6 Å². The largest absolute Gasteiger partial charge is 0.335 e. The standard InChI is InChI=1S/C18H22N2O3S/c1-12-10-16(11-17(13(12)2)24(19,22)23)18(21)20(4)14(3)15-8-6-5-7-9-15/h5-11,14H,1-4H3,(H2,19,22,23)/t14-/m1/s1. The molecule has 6 heteroatoms. The Labute approximate surface area is 143 Å². The third kappa shape index (κ3) is 3.66. The van der Waals surface area contributed by atoms with Crippen LogP contribution in [-0.4, -0.2) is 26.3 Å². The SMILES string of the molecule is Cc1cc(C(=O)N(C)[C@H](C)c2ccccc2)cc(S(N)(=O)=O)c1C. The molecule has 1 amide bonds. The summed E-state index contributed by atoms with van der Waals surface area (Å²) in [7, 11) is -2.18. The minimum absolute atomic E-state index is 0.00776. The molecule has 2 aromatic rings. The summed E-state index contributed by atoms with van der Waals surface area (Å²) in [5, 5.41) is 5.27. The number of carbonyl (C=O) groups excluding carboxylic acids is 1. The third-order valence-electron chi connectivity index (χ3n) is 4.36. The molecule has 0 radical (unpaired) electrons. The van der Waals surface area contributed by atoms with Gasteiger partial charge in [0.05, 0.1) is 10.9 Å². The molecule has 0 unspecified atom stereocenters. The van der Waals surface area contributed by atoms with Gasteiger partial charge in [0.2, 0.25) is 10.0 Å². The van der Waals surface area contributed by atoms with Crippen LogP contribution in [0.1, 0.15) is 40.0 Å². The number of sulfonamides is 1. The predicted molar refractivity (Wildman–Crippen MR) is 94.2 cm³/mol. The minimum Gasteiger partial charge on any atom is -0.335 e. The predicted octanol–water partition coefficient (Wildman–Crippen LogP) is 2.78. The molecule has 24 heavy (non-hydrogen) atoms. The monoisotopic (exact) mass is 346 g/mol. The highest BCUT2D eigenvalue weighted by atomic mass is 32.2. The van der Waals surface area contributed by atoms with Crippen molar-refractivity contribution in [3.63, 3.8) is 0 Å². The summed E-state index contributed by atoms with van der Waals surface area (Å²) < 4.78 is 23.5. The molecule has 0 heterocycles. The molecule has 2 rings (SSSR count). The zero-order valence-electron chi connectivity index (χ0n) is 14.3. The summed E-state index contributed by atoms with van der Waals surface area (Å²) in [6.45, 7) is 5.37. The molecule has 0 aromatic heterocycles. The van der Waals surface area contributed by atoms with Crippen LogP contribution in [0.2, 0.25) is 0 Å². The van der Waals surface area contributed by atoms with Gasteiger partial charge in [-0.1, -0.05) is 30.3 Å². The van der Waals surface area contributed by atoms with Crippen molar-refractivity contribution >= 4 is 15.9 Å². The fourth-order valence-corrected chi connectivity index (χ4v) is 3.46. The Morgan fingerprint density at radius 3 is 2.25 bits per heavy atom. The van der Waals surface area contributed by atoms with Crippen LogP contribution in [0.4, 0.5) is 0 Å². The van der Waals surface area contributed by atoms with Crippen LogP contribution in [0.3, 0.4) is 0 Å². The Kier molecular flexibility index (Phi) is 5.11. The van der Waals surface area contributed by atoms with Crippen molar-refractivity contribution in [2.45, 2.75) is 31.7 Å². The van der Waals surface area contributed by atoms with Crippen LogP contribution >= 0.6 is 0 Å². The third-order valence-corrected chi connectivity index (χ3v) is 5.39. The van der Waals surface area contributed by atoms with E-state index in [1.54, 1.807) is 31.9 Å². The number of benzene rings is 2. The summed E-state index contributed by atoms with van der Waals surface area (Å²) in [5.74, 6) is -0.251. The molecule has 128 valence electrons. The smallest absolute Gasteiger partial charge is 0.254 e. The number of nitrogens with zero attached hydrogens (tertiary/aromatic N) is 1. The fraction of sp³-hybridized carbons (Fsp3) is 0.278. The van der Waals surface area contributed by atoms with E-state index in [-0.39, 0.29) is 16.8 Å². The highest BCUT2D eigenvalue weighted by Crippen LogP contribution is 2.24. The maximum atomic E-state index is 12.8. The molecule has 0 saturated heterocycles. The second-order valence-corrected chi connectivity index (χ2v) is 7.49. The molecule has 5 nitrogen and oxygen atoms in total. The van der Waals surface area contributed by atoms with E-state index in [1.165, 1.54) is 6.07 Å². The molecule has 0 aliphatic heterocycles. The second kappa shape index (κ2) is 6.75. The van der Waals surface area contributed by atoms with E-state index in [0.29, 0.717) is 16.7 Å². The van der Waals surface area contributed by atoms with E-state index in [9.17, 15) is 13.2 Å². The molecule has 0 spiro atoms. The van der Waals surface area contributed by atoms with Gasteiger partial charge in [-0.15, -0.1) is 0 Å². The molecule has 0 fully saturated rings. The van der Waals surface area contributed by atoms with E-state index >= 15 is 0 Å². The van der Waals surface area contributed by atoms with Crippen LogP contribution in [0.25, 0.3) is 0 Å². The Bertz CT molecular complexity index is 861. The summed E-state index contributed by atoms with van der Waals surface area (Å²) >= 11 is 0. The number of nitrogens with two attached hydrogens (primary N) is 1. The van der Waals surface area contributed by atoms with Crippen LogP contribution in [0, 0.1) is 13.8 Å². The normalized spacial score (nSPS) is 12.7. The molecule has 0 aliphatic rings. The van der Waals surface area contributed by atoms with Crippen LogP contribution in [0.15, 0.2) is 47.4 Å². The van der Waals surface area contributed by atoms with E-state index in [1.807, 2.05) is 37.3 Å². The number of hydrogen-bond donors (Lipinski definition) is 1. The Morgan fingerprint density at radius 1 is 1.12 bits per heavy atom. The van der Waals surface area contributed by atoms with Crippen molar-refractivity contribution in [1.29, 1.82) is 0 Å². The highest BCUT2D eigenvalue weighted by Gasteiger charge is 2.22. The first-order valence-electron chi connectivity index (χ1n) is 7.59. The van der Waals surface area contributed by atoms with Gasteiger partial charge in [-0.2, -0.15) is 0 Å². The quantitative estimate of drug-likeness (QED) is 0.924. The lowest BCUT2D eigenvalue weighted by atomic mass is 10.0. The van der Waals surface area contributed by atoms with Gasteiger partial charge in [-0.3, -0.25) is 4.79 Å². The first-order valence-corrected chi connectivity index (χ1v) is 9.13. The van der Waals surface area contributed by atoms with Crippen LogP contribution < -0.4 is 5.14 Å². The molecule has 0 saturated carbocycles. The summed E-state index contributed by atoms with van der Waals surface area (Å²) in [4.78, 5) is 14.4. The zero-order chi connectivity index (χ0) is 18.1. The summed E-state index contributed by atoms with van der Waals surface area (Å²) in [6, 6.07) is 12.6. The van der Waals surface area contributed by atoms with Gasteiger partial charge < -0.3 is 4.90 Å². The van der Waals surface area contributed by atoms with Gasteiger partial charge in [-0.25, -0.2) is 13.6 Å². The topological polar surface area (TPSA) is 80.5 Å². The van der Waals surface area contributed by atoms with Crippen molar-refractivity contribution < 1.29 is 13.2 Å². The average Bonchev–Trinajstić information content (AvgIpc) is 2.54. The summed E-state index contributed by atoms with van der Waals surface area (Å²) in [5.41, 5.74) is 2.59. The van der Waals surface area contributed by atoms with Crippen LogP contribution in [0.5, 0.6) is 0 Å². The van der Waals surface area contributed by atoms with Gasteiger partial charge in [0, 0.05) is 12.6 Å². The minimum atomic E-state index is -3.88. The van der Waals surface area contributed by atoms with E-state index in [4.69, 9.17) is 5.14 Å². The molecule has 0 bridgehead atoms. The lowest BCUT2D eigenvalue weighted by molar-refractivity contribution is 0.0742. The molecular weight excluding hydrogens is 324 g/mol. The van der Waals surface area contributed by atoms with Crippen molar-refractivity contribution in [3.8, 4) is 0 Å². The summed E-state index contributed by atoms with van der Waals surface area (Å²) in [6.07, 6.45) is 0. The number of primary sulfonamides is 1. The van der Waals surface area contributed by atoms with Gasteiger partial charge in [0.15, 0.2) is 0 Å². The number of aryl methyl sites for hydroxylation is 1. The fourth-order valence-electron chi connectivity index (χ4n) is 2.58. The molecule has 1 atom stereocenters. The Hall–Kier alpha value is -2.18. The molecule has 2 aromatic carbocycles. The molecule has 2 N–H and O–H groups in total. The van der Waals surface area contributed by atoms with Gasteiger partial charge >= 0.3 is 0 Å². The number of amides is 1. The Balaban J connectivity index is 2.41. The first-order chi connectivity index (χ1) is 11.1. The molecular formula is C18H22N2O3S. The average molecular weight is 346 g/mol. The maximum Gasteiger partial charge on any atom is 0.254 e. The second-order valence-electron chi connectivity index (χ2n) is 5.96. The number of carbonyl (C=O) groups is 1. The lowest BCUT2D eigenvalue weighted by Crippen LogP contribution is -2.30. The van der Waals surface area contributed by atoms with Crippen molar-refractivity contribution in [1.82, 2.24) is 4.90 Å². The highest BCUT2D eigenvalue weighted by molar-refractivity contribution is 7.89. The van der Waals surface area contributed by atoms with E-state index in [2.05, 4.69) is 0 Å². The van der Waals surface area contributed by atoms with E-state index < -0.39 is 10.0 Å². The Morgan fingerprint density at radius 2 is 1.71 bits per heavy atom. The maximum absolute atomic E-state index is 12.8. The number of hydrogen-bond acceptors (Lipinski definition) is 3. The molecule has 0 aliphatic carbocycles.